The van der Waals surface area contributed by atoms with E-state index in [0.29, 0.717) is 0 Å². The minimum Gasteiger partial charge on any atom is -0.226 e. The number of nitrogens with zero attached hydrogens (tertiary/aromatic N) is 1. The van der Waals surface area contributed by atoms with Gasteiger partial charge in [-0.25, -0.2) is 4.40 Å². The molecule has 104 valence electrons. The summed E-state index contributed by atoms with van der Waals surface area (Å²) in [6, 6.07) is 0. The van der Waals surface area contributed by atoms with Crippen molar-refractivity contribution < 1.29 is 0 Å². The average molecular weight is 267 g/mol. The summed E-state index contributed by atoms with van der Waals surface area (Å²) in [6.45, 7) is 10.9. The van der Waals surface area contributed by atoms with Gasteiger partial charge in [0, 0.05) is 11.5 Å². The molecule has 0 N–H and O–H groups in total. The van der Waals surface area contributed by atoms with E-state index < -0.39 is 0 Å². The minimum atomic E-state index is 1.06. The Morgan fingerprint density at radius 2 is 1.61 bits per heavy atom. The predicted molar refractivity (Wildman–Crippen MR) is 87.5 cm³/mol. The third-order valence-electron chi connectivity index (χ3n) is 2.81. The van der Waals surface area contributed by atoms with Gasteiger partial charge in [0.05, 0.1) is 0 Å². The summed E-state index contributed by atoms with van der Waals surface area (Å²) < 4.78 is 4.44. The van der Waals surface area contributed by atoms with Crippen LogP contribution in [0.25, 0.3) is 0 Å². The fraction of sp³-hybridized carbons (Fsp3) is 0.688. The van der Waals surface area contributed by atoms with Crippen LogP contribution in [0.5, 0.6) is 0 Å². The van der Waals surface area contributed by atoms with Crippen LogP contribution >= 0.6 is 11.9 Å². The molecule has 0 unspecified atom stereocenters. The van der Waals surface area contributed by atoms with Crippen LogP contribution in [0.4, 0.5) is 0 Å². The van der Waals surface area contributed by atoms with Crippen molar-refractivity contribution in [2.24, 2.45) is 4.40 Å². The van der Waals surface area contributed by atoms with Crippen LogP contribution in [-0.2, 0) is 0 Å². The molecule has 0 saturated heterocycles. The molecule has 0 aromatic rings. The van der Waals surface area contributed by atoms with Gasteiger partial charge in [0.25, 0.3) is 0 Å². The van der Waals surface area contributed by atoms with Crippen molar-refractivity contribution in [3.63, 3.8) is 0 Å². The minimum absolute atomic E-state index is 1.06. The monoisotopic (exact) mass is 267 g/mol. The van der Waals surface area contributed by atoms with Crippen LogP contribution < -0.4 is 0 Å². The zero-order valence-corrected chi connectivity index (χ0v) is 13.6. The Morgan fingerprint density at radius 3 is 2.22 bits per heavy atom. The summed E-state index contributed by atoms with van der Waals surface area (Å²) >= 11 is 1.66. The molecule has 2 heteroatoms. The van der Waals surface area contributed by atoms with Gasteiger partial charge in [0.2, 0.25) is 0 Å². The molecule has 0 saturated carbocycles. The second-order valence-corrected chi connectivity index (χ2v) is 5.81. The lowest BCUT2D eigenvalue weighted by Crippen LogP contribution is -1.91. The van der Waals surface area contributed by atoms with Gasteiger partial charge in [0.1, 0.15) is 0 Å². The Hall–Kier alpha value is -0.500. The lowest BCUT2D eigenvalue weighted by atomic mass is 10.1. The molecule has 1 nitrogen and oxygen atoms in total. The second-order valence-electron chi connectivity index (χ2n) is 4.79. The summed E-state index contributed by atoms with van der Waals surface area (Å²) in [6.07, 6.45) is 10.5. The predicted octanol–water partition coefficient (Wildman–Crippen LogP) is 5.98. The first kappa shape index (κ1) is 17.5. The molecular weight excluding hydrogens is 238 g/mol. The van der Waals surface area contributed by atoms with Crippen molar-refractivity contribution in [2.75, 3.05) is 5.75 Å². The zero-order chi connectivity index (χ0) is 13.8. The van der Waals surface area contributed by atoms with E-state index in [1.165, 1.54) is 29.7 Å². The van der Waals surface area contributed by atoms with Gasteiger partial charge in [-0.15, -0.1) is 0 Å². The Kier molecular flexibility index (Phi) is 11.3. The van der Waals surface area contributed by atoms with Crippen LogP contribution in [-0.4, -0.2) is 11.5 Å². The lowest BCUT2D eigenvalue weighted by Gasteiger charge is -2.02. The van der Waals surface area contributed by atoms with Crippen LogP contribution in [0.3, 0.4) is 0 Å². The highest BCUT2D eigenvalue weighted by Crippen LogP contribution is 2.12. The highest BCUT2D eigenvalue weighted by molar-refractivity contribution is 7.98. The summed E-state index contributed by atoms with van der Waals surface area (Å²) in [5.74, 6) is 1.06. The quantitative estimate of drug-likeness (QED) is 0.284. The Labute approximate surface area is 118 Å². The Morgan fingerprint density at radius 1 is 0.944 bits per heavy atom. The van der Waals surface area contributed by atoms with E-state index in [2.05, 4.69) is 51.2 Å². The SMILES string of the molecule is CC/C=C(\C)CC/C=C(\C)CCC(C)=NSCC. The van der Waals surface area contributed by atoms with Gasteiger partial charge in [-0.1, -0.05) is 37.1 Å². The molecule has 0 aromatic heterocycles. The fourth-order valence-electron chi connectivity index (χ4n) is 1.70. The molecule has 18 heavy (non-hydrogen) atoms. The van der Waals surface area contributed by atoms with Crippen LogP contribution in [0.1, 0.15) is 66.7 Å². The van der Waals surface area contributed by atoms with E-state index in [-0.39, 0.29) is 0 Å². The van der Waals surface area contributed by atoms with Crippen LogP contribution in [0, 0.1) is 0 Å². The maximum Gasteiger partial charge on any atom is 0.0234 e. The molecule has 0 aromatic carbocycles. The highest BCUT2D eigenvalue weighted by Gasteiger charge is 1.95. The second kappa shape index (κ2) is 11.6. The van der Waals surface area contributed by atoms with Gasteiger partial charge >= 0.3 is 0 Å². The number of hydrogen-bond donors (Lipinski definition) is 0. The largest absolute Gasteiger partial charge is 0.226 e. The molecule has 0 rings (SSSR count). The molecule has 0 radical (unpaired) electrons. The lowest BCUT2D eigenvalue weighted by molar-refractivity contribution is 0.925. The number of allylic oxidation sites excluding steroid dienone is 4. The van der Waals surface area contributed by atoms with E-state index in [9.17, 15) is 0 Å². The van der Waals surface area contributed by atoms with Crippen molar-refractivity contribution in [1.82, 2.24) is 0 Å². The molecule has 0 amide bonds. The fourth-order valence-corrected chi connectivity index (χ4v) is 2.14. The first-order valence-electron chi connectivity index (χ1n) is 7.06. The van der Waals surface area contributed by atoms with Crippen LogP contribution in [0.15, 0.2) is 27.7 Å². The first-order chi connectivity index (χ1) is 8.60. The third-order valence-corrected chi connectivity index (χ3v) is 3.51. The normalized spacial score (nSPS) is 14.2. The van der Waals surface area contributed by atoms with Crippen molar-refractivity contribution in [2.45, 2.75) is 66.7 Å². The Bertz CT molecular complexity index is 300. The number of hydrogen-bond acceptors (Lipinski definition) is 2. The van der Waals surface area contributed by atoms with Gasteiger partial charge < -0.3 is 0 Å². The molecule has 0 spiro atoms. The van der Waals surface area contributed by atoms with Gasteiger partial charge in [-0.05, 0) is 64.8 Å². The average Bonchev–Trinajstić information content (AvgIpc) is 2.34. The van der Waals surface area contributed by atoms with Crippen LogP contribution in [0.2, 0.25) is 0 Å². The smallest absolute Gasteiger partial charge is 0.0234 e. The van der Waals surface area contributed by atoms with E-state index in [4.69, 9.17) is 0 Å². The van der Waals surface area contributed by atoms with Crippen molar-refractivity contribution in [3.05, 3.63) is 23.3 Å². The van der Waals surface area contributed by atoms with Crippen molar-refractivity contribution in [1.29, 1.82) is 0 Å². The molecule has 0 aliphatic heterocycles. The maximum absolute atomic E-state index is 4.44. The highest BCUT2D eigenvalue weighted by atomic mass is 32.2. The molecule has 0 aliphatic rings. The molecule has 0 bridgehead atoms. The third kappa shape index (κ3) is 10.6. The first-order valence-corrected chi connectivity index (χ1v) is 8.01. The summed E-state index contributed by atoms with van der Waals surface area (Å²) in [7, 11) is 0. The Balaban J connectivity index is 3.88. The molecular formula is C16H29NS. The van der Waals surface area contributed by atoms with Gasteiger partial charge in [-0.2, -0.15) is 0 Å². The van der Waals surface area contributed by atoms with E-state index >= 15 is 0 Å². The summed E-state index contributed by atoms with van der Waals surface area (Å²) in [5, 5.41) is 0. The molecule has 0 heterocycles. The zero-order valence-electron chi connectivity index (χ0n) is 12.8. The van der Waals surface area contributed by atoms with E-state index in [1.54, 1.807) is 11.9 Å². The maximum atomic E-state index is 4.44. The van der Waals surface area contributed by atoms with Gasteiger partial charge in [-0.3, -0.25) is 0 Å². The topological polar surface area (TPSA) is 12.4 Å². The van der Waals surface area contributed by atoms with Crippen molar-refractivity contribution in [3.8, 4) is 0 Å². The van der Waals surface area contributed by atoms with E-state index in [1.807, 2.05) is 0 Å². The summed E-state index contributed by atoms with van der Waals surface area (Å²) in [5.41, 5.74) is 4.27. The standard InChI is InChI=1S/C16H29NS/c1-6-9-14(3)10-8-11-15(4)12-13-16(5)17-18-7-2/h9,11H,6-8,10,12-13H2,1-5H3/b14-9+,15-11+,17-16?. The van der Waals surface area contributed by atoms with Crippen molar-refractivity contribution >= 4 is 17.7 Å². The summed E-state index contributed by atoms with van der Waals surface area (Å²) in [4.78, 5) is 0. The van der Waals surface area contributed by atoms with Gasteiger partial charge in [0.15, 0.2) is 0 Å². The molecule has 0 atom stereocenters. The molecule has 0 fully saturated rings. The molecule has 0 aliphatic carbocycles. The van der Waals surface area contributed by atoms with E-state index in [0.717, 1.165) is 25.0 Å². The number of rotatable bonds is 9.